The maximum atomic E-state index is 4.63. The zero-order chi connectivity index (χ0) is 19.1. The molecule has 0 saturated heterocycles. The monoisotopic (exact) mass is 354 g/mol. The van der Waals surface area contributed by atoms with E-state index in [1.54, 1.807) is 0 Å². The molecule has 0 bridgehead atoms. The first-order valence-corrected chi connectivity index (χ1v) is 9.23. The molecule has 0 unspecified atom stereocenters. The minimum absolute atomic E-state index is 0.983. The van der Waals surface area contributed by atoms with E-state index in [1.807, 2.05) is 12.5 Å². The first kappa shape index (κ1) is 17.3. The van der Waals surface area contributed by atoms with E-state index in [9.17, 15) is 0 Å². The predicted molar refractivity (Wildman–Crippen MR) is 111 cm³/mol. The van der Waals surface area contributed by atoms with E-state index in [0.717, 1.165) is 22.2 Å². The van der Waals surface area contributed by atoms with E-state index in [4.69, 9.17) is 0 Å². The average Bonchev–Trinajstić information content (AvgIpc) is 2.65. The van der Waals surface area contributed by atoms with Crippen LogP contribution in [0.2, 0.25) is 0 Å². The number of nitrogens with zero attached hydrogens (tertiary/aromatic N) is 3. The smallest absolute Gasteiger partial charge is 0.256 e. The molecule has 0 fully saturated rings. The molecule has 3 heteroatoms. The van der Waals surface area contributed by atoms with Crippen LogP contribution in [0.5, 0.6) is 0 Å². The summed E-state index contributed by atoms with van der Waals surface area (Å²) < 4.78 is 2.12. The lowest BCUT2D eigenvalue weighted by molar-refractivity contribution is -0.662. The molecular formula is C24H24N3+. The molecule has 3 nitrogen and oxygen atoms in total. The molecule has 0 amide bonds. The van der Waals surface area contributed by atoms with Crippen molar-refractivity contribution < 1.29 is 4.57 Å². The molecule has 0 aliphatic heterocycles. The van der Waals surface area contributed by atoms with Crippen LogP contribution >= 0.6 is 0 Å². The third kappa shape index (κ3) is 3.10. The molecule has 2 aromatic heterocycles. The molecule has 134 valence electrons. The van der Waals surface area contributed by atoms with Gasteiger partial charge in [-0.3, -0.25) is 4.98 Å². The van der Waals surface area contributed by atoms with Crippen LogP contribution in [0, 0.1) is 27.7 Å². The van der Waals surface area contributed by atoms with Gasteiger partial charge in [0.15, 0.2) is 5.52 Å². The molecule has 4 rings (SSSR count). The molecule has 0 aliphatic rings. The molecule has 2 heterocycles. The van der Waals surface area contributed by atoms with E-state index in [0.29, 0.717) is 0 Å². The molecule has 27 heavy (non-hydrogen) atoms. The Hall–Kier alpha value is -3.07. The number of benzene rings is 2. The third-order valence-electron chi connectivity index (χ3n) is 5.25. The van der Waals surface area contributed by atoms with Crippen molar-refractivity contribution in [2.45, 2.75) is 27.7 Å². The van der Waals surface area contributed by atoms with Gasteiger partial charge in [-0.25, -0.2) is 4.57 Å². The number of pyridine rings is 1. The predicted octanol–water partition coefficient (Wildman–Crippen LogP) is 5.02. The Labute approximate surface area is 160 Å². The lowest BCUT2D eigenvalue weighted by Crippen LogP contribution is -2.32. The minimum atomic E-state index is 0.983. The van der Waals surface area contributed by atoms with Crippen molar-refractivity contribution >= 4 is 10.9 Å². The maximum Gasteiger partial charge on any atom is 0.287 e. The minimum Gasteiger partial charge on any atom is -0.256 e. The van der Waals surface area contributed by atoms with Crippen molar-refractivity contribution in [1.82, 2.24) is 9.97 Å². The summed E-state index contributed by atoms with van der Waals surface area (Å²) >= 11 is 0. The average molecular weight is 354 g/mol. The molecule has 0 atom stereocenters. The largest absolute Gasteiger partial charge is 0.287 e. The Morgan fingerprint density at radius 1 is 0.815 bits per heavy atom. The van der Waals surface area contributed by atoms with Gasteiger partial charge in [-0.2, -0.15) is 0 Å². The second-order valence-electron chi connectivity index (χ2n) is 7.41. The Bertz CT molecular complexity index is 1160. The molecule has 0 saturated carbocycles. The summed E-state index contributed by atoms with van der Waals surface area (Å²) in [6, 6.07) is 15.1. The lowest BCUT2D eigenvalue weighted by atomic mass is 9.95. The fourth-order valence-corrected chi connectivity index (χ4v) is 3.65. The second-order valence-corrected chi connectivity index (χ2v) is 7.41. The van der Waals surface area contributed by atoms with Gasteiger partial charge >= 0.3 is 0 Å². The lowest BCUT2D eigenvalue weighted by Gasteiger charge is -2.13. The van der Waals surface area contributed by atoms with Crippen LogP contribution < -0.4 is 4.57 Å². The number of aromatic nitrogens is 3. The first-order valence-electron chi connectivity index (χ1n) is 9.23. The van der Waals surface area contributed by atoms with Crippen LogP contribution in [-0.4, -0.2) is 9.97 Å². The Balaban J connectivity index is 2.02. The van der Waals surface area contributed by atoms with Gasteiger partial charge in [0.25, 0.3) is 6.33 Å². The van der Waals surface area contributed by atoms with Gasteiger partial charge in [0.05, 0.1) is 18.1 Å². The number of aryl methyl sites for hydroxylation is 4. The summed E-state index contributed by atoms with van der Waals surface area (Å²) in [6.07, 6.45) is 3.82. The van der Waals surface area contributed by atoms with Crippen molar-refractivity contribution in [3.05, 3.63) is 77.2 Å². The van der Waals surface area contributed by atoms with Crippen molar-refractivity contribution in [3.8, 4) is 22.5 Å². The quantitative estimate of drug-likeness (QED) is 0.473. The number of fused-ring (bicyclic) bond motifs is 1. The third-order valence-corrected chi connectivity index (χ3v) is 5.25. The molecule has 0 radical (unpaired) electrons. The molecule has 0 aliphatic carbocycles. The van der Waals surface area contributed by atoms with Crippen molar-refractivity contribution in [3.63, 3.8) is 0 Å². The van der Waals surface area contributed by atoms with E-state index in [2.05, 4.69) is 91.7 Å². The van der Waals surface area contributed by atoms with Gasteiger partial charge in [0.1, 0.15) is 5.69 Å². The van der Waals surface area contributed by atoms with Crippen LogP contribution in [0.1, 0.15) is 22.3 Å². The normalized spacial score (nSPS) is 11.1. The number of hydrogen-bond acceptors (Lipinski definition) is 2. The molecule has 0 N–H and O–H groups in total. The van der Waals surface area contributed by atoms with Gasteiger partial charge in [0, 0.05) is 17.3 Å². The number of hydrogen-bond donors (Lipinski definition) is 0. The fraction of sp³-hybridized carbons (Fsp3) is 0.208. The van der Waals surface area contributed by atoms with Crippen molar-refractivity contribution in [2.75, 3.05) is 0 Å². The summed E-state index contributed by atoms with van der Waals surface area (Å²) in [7, 11) is 2.07. The first-order chi connectivity index (χ1) is 12.9. The molecule has 0 spiro atoms. The topological polar surface area (TPSA) is 29.7 Å². The summed E-state index contributed by atoms with van der Waals surface area (Å²) in [4.78, 5) is 9.23. The fourth-order valence-electron chi connectivity index (χ4n) is 3.65. The summed E-state index contributed by atoms with van der Waals surface area (Å²) in [5, 5.41) is 1.15. The van der Waals surface area contributed by atoms with Crippen molar-refractivity contribution in [1.29, 1.82) is 0 Å². The van der Waals surface area contributed by atoms with Gasteiger partial charge in [0.2, 0.25) is 0 Å². The summed E-state index contributed by atoms with van der Waals surface area (Å²) in [5.41, 5.74) is 10.6. The zero-order valence-electron chi connectivity index (χ0n) is 16.5. The Morgan fingerprint density at radius 2 is 1.63 bits per heavy atom. The van der Waals surface area contributed by atoms with E-state index in [-0.39, 0.29) is 0 Å². The van der Waals surface area contributed by atoms with Crippen LogP contribution in [-0.2, 0) is 7.05 Å². The summed E-state index contributed by atoms with van der Waals surface area (Å²) in [6.45, 7) is 8.58. The highest BCUT2D eigenvalue weighted by Crippen LogP contribution is 2.31. The standard InChI is InChI=1S/C24H24N3/c1-15-6-8-22(25-13-15)19-7-9-23-21(12-19)24(27(5)14-26-23)20-11-16(2)10-17(3)18(20)4/h6-14H,1-5H3/q+1. The van der Waals surface area contributed by atoms with Crippen LogP contribution in [0.3, 0.4) is 0 Å². The van der Waals surface area contributed by atoms with Gasteiger partial charge in [-0.15, -0.1) is 0 Å². The van der Waals surface area contributed by atoms with Crippen LogP contribution in [0.25, 0.3) is 33.4 Å². The van der Waals surface area contributed by atoms with Gasteiger partial charge < -0.3 is 0 Å². The molecule has 2 aromatic carbocycles. The Kier molecular flexibility index (Phi) is 4.23. The Morgan fingerprint density at radius 3 is 2.37 bits per heavy atom. The van der Waals surface area contributed by atoms with E-state index in [1.165, 1.54) is 33.5 Å². The highest BCUT2D eigenvalue weighted by Gasteiger charge is 2.18. The number of rotatable bonds is 2. The van der Waals surface area contributed by atoms with E-state index >= 15 is 0 Å². The molecular weight excluding hydrogens is 330 g/mol. The van der Waals surface area contributed by atoms with Gasteiger partial charge in [-0.05, 0) is 79.7 Å². The zero-order valence-corrected chi connectivity index (χ0v) is 16.5. The van der Waals surface area contributed by atoms with Crippen LogP contribution in [0.4, 0.5) is 0 Å². The summed E-state index contributed by atoms with van der Waals surface area (Å²) in [5.74, 6) is 0. The highest BCUT2D eigenvalue weighted by molar-refractivity contribution is 5.94. The SMILES string of the molecule is Cc1ccc(-c2ccc3nc[n+](C)c(-c4cc(C)cc(C)c4C)c3c2)nc1. The van der Waals surface area contributed by atoms with Crippen molar-refractivity contribution in [2.24, 2.45) is 7.05 Å². The van der Waals surface area contributed by atoms with Crippen LogP contribution in [0.15, 0.2) is 55.0 Å². The second kappa shape index (κ2) is 6.58. The van der Waals surface area contributed by atoms with E-state index < -0.39 is 0 Å². The maximum absolute atomic E-state index is 4.63. The van der Waals surface area contributed by atoms with Gasteiger partial charge in [-0.1, -0.05) is 17.7 Å². The molecule has 4 aromatic rings. The highest BCUT2D eigenvalue weighted by atomic mass is 15.0.